The van der Waals surface area contributed by atoms with E-state index < -0.39 is 0 Å². The maximum atomic E-state index is 10.9. The highest BCUT2D eigenvalue weighted by atomic mass is 16.3. The fourth-order valence-electron chi connectivity index (χ4n) is 2.29. The second-order valence-electron chi connectivity index (χ2n) is 4.44. The van der Waals surface area contributed by atoms with Gasteiger partial charge in [0.15, 0.2) is 12.0 Å². The van der Waals surface area contributed by atoms with Crippen molar-refractivity contribution in [2.45, 2.75) is 6.92 Å². The molecule has 0 aliphatic heterocycles. The number of carbonyl (C=O) groups excluding carboxylic acids is 1. The maximum absolute atomic E-state index is 10.9. The molecule has 3 aromatic rings. The molecule has 3 nitrogen and oxygen atoms in total. The molecule has 0 fully saturated rings. The lowest BCUT2D eigenvalue weighted by atomic mass is 10.0. The molecule has 3 heteroatoms. The standard InChI is InChI=1S/C16H12O3/c1-10-15(9-17)19-14-8-12(7-13(18)16(10)14)11-5-3-2-4-6-11/h2-9,18H,1H3. The van der Waals surface area contributed by atoms with Crippen molar-refractivity contribution in [2.75, 3.05) is 0 Å². The first kappa shape index (κ1) is 11.5. The van der Waals surface area contributed by atoms with E-state index in [1.54, 1.807) is 13.0 Å². The van der Waals surface area contributed by atoms with Crippen LogP contribution < -0.4 is 0 Å². The highest BCUT2D eigenvalue weighted by Crippen LogP contribution is 2.36. The van der Waals surface area contributed by atoms with Crippen LogP contribution in [0, 0.1) is 6.92 Å². The number of phenols is 1. The summed E-state index contributed by atoms with van der Waals surface area (Å²) in [5.41, 5.74) is 3.04. The van der Waals surface area contributed by atoms with E-state index >= 15 is 0 Å². The predicted molar refractivity (Wildman–Crippen MR) is 73.4 cm³/mol. The molecule has 0 aliphatic rings. The number of phenolic OH excluding ortho intramolecular Hbond substituents is 1. The Morgan fingerprint density at radius 1 is 1.11 bits per heavy atom. The molecule has 1 heterocycles. The van der Waals surface area contributed by atoms with Gasteiger partial charge in [-0.15, -0.1) is 0 Å². The van der Waals surface area contributed by atoms with Crippen molar-refractivity contribution in [2.24, 2.45) is 0 Å². The zero-order valence-corrected chi connectivity index (χ0v) is 10.4. The fraction of sp³-hybridized carbons (Fsp3) is 0.0625. The molecule has 0 bridgehead atoms. The lowest BCUT2D eigenvalue weighted by molar-refractivity contribution is 0.110. The third-order valence-corrected chi connectivity index (χ3v) is 3.26. The molecule has 0 radical (unpaired) electrons. The van der Waals surface area contributed by atoms with Crippen molar-refractivity contribution in [1.29, 1.82) is 0 Å². The summed E-state index contributed by atoms with van der Waals surface area (Å²) in [4.78, 5) is 10.9. The Morgan fingerprint density at radius 2 is 1.84 bits per heavy atom. The second kappa shape index (κ2) is 4.28. The van der Waals surface area contributed by atoms with Crippen molar-refractivity contribution < 1.29 is 14.3 Å². The molecule has 3 rings (SSSR count). The number of hydrogen-bond acceptors (Lipinski definition) is 3. The number of hydrogen-bond donors (Lipinski definition) is 1. The average Bonchev–Trinajstić information content (AvgIpc) is 2.76. The van der Waals surface area contributed by atoms with Crippen LogP contribution in [0.5, 0.6) is 5.75 Å². The molecule has 0 atom stereocenters. The number of aromatic hydroxyl groups is 1. The summed E-state index contributed by atoms with van der Waals surface area (Å²) >= 11 is 0. The number of furan rings is 1. The number of rotatable bonds is 2. The van der Waals surface area contributed by atoms with E-state index in [9.17, 15) is 9.90 Å². The van der Waals surface area contributed by atoms with Gasteiger partial charge < -0.3 is 9.52 Å². The third-order valence-electron chi connectivity index (χ3n) is 3.26. The number of fused-ring (bicyclic) bond motifs is 1. The average molecular weight is 252 g/mol. The van der Waals surface area contributed by atoms with Crippen LogP contribution in [0.2, 0.25) is 0 Å². The zero-order valence-electron chi connectivity index (χ0n) is 10.4. The van der Waals surface area contributed by atoms with Crippen LogP contribution in [0.3, 0.4) is 0 Å². The first-order valence-electron chi connectivity index (χ1n) is 5.97. The molecule has 0 amide bonds. The lowest BCUT2D eigenvalue weighted by Crippen LogP contribution is -1.79. The van der Waals surface area contributed by atoms with E-state index in [4.69, 9.17) is 4.42 Å². The molecular weight excluding hydrogens is 240 g/mol. The Balaban J connectivity index is 2.28. The minimum Gasteiger partial charge on any atom is -0.507 e. The van der Waals surface area contributed by atoms with E-state index in [2.05, 4.69) is 0 Å². The largest absolute Gasteiger partial charge is 0.507 e. The van der Waals surface area contributed by atoms with Gasteiger partial charge in [0, 0.05) is 5.56 Å². The monoisotopic (exact) mass is 252 g/mol. The molecule has 0 unspecified atom stereocenters. The van der Waals surface area contributed by atoms with E-state index in [-0.39, 0.29) is 11.5 Å². The Hall–Kier alpha value is -2.55. The van der Waals surface area contributed by atoms with Gasteiger partial charge in [0.25, 0.3) is 0 Å². The number of aryl methyl sites for hydroxylation is 1. The third kappa shape index (κ3) is 1.80. The van der Waals surface area contributed by atoms with Crippen molar-refractivity contribution in [3.8, 4) is 16.9 Å². The van der Waals surface area contributed by atoms with Crippen LogP contribution in [0.15, 0.2) is 46.9 Å². The summed E-state index contributed by atoms with van der Waals surface area (Å²) in [5.74, 6) is 0.390. The minimum absolute atomic E-state index is 0.130. The van der Waals surface area contributed by atoms with Crippen LogP contribution in [0.25, 0.3) is 22.1 Å². The normalized spacial score (nSPS) is 10.8. The van der Waals surface area contributed by atoms with Gasteiger partial charge in [0.1, 0.15) is 11.3 Å². The second-order valence-corrected chi connectivity index (χ2v) is 4.44. The summed E-state index contributed by atoms with van der Waals surface area (Å²) in [5, 5.41) is 10.7. The van der Waals surface area contributed by atoms with Crippen LogP contribution in [-0.2, 0) is 0 Å². The van der Waals surface area contributed by atoms with Gasteiger partial charge in [-0.3, -0.25) is 4.79 Å². The summed E-state index contributed by atoms with van der Waals surface area (Å²) in [6.45, 7) is 1.76. The number of benzene rings is 2. The zero-order chi connectivity index (χ0) is 13.4. The molecule has 19 heavy (non-hydrogen) atoms. The van der Waals surface area contributed by atoms with Gasteiger partial charge in [-0.25, -0.2) is 0 Å². The molecule has 2 aromatic carbocycles. The lowest BCUT2D eigenvalue weighted by Gasteiger charge is -2.03. The van der Waals surface area contributed by atoms with Crippen LogP contribution >= 0.6 is 0 Å². The van der Waals surface area contributed by atoms with Crippen molar-refractivity contribution >= 4 is 17.3 Å². The molecule has 0 saturated heterocycles. The van der Waals surface area contributed by atoms with Crippen molar-refractivity contribution in [3.05, 3.63) is 53.8 Å². The molecule has 1 aromatic heterocycles. The first-order valence-corrected chi connectivity index (χ1v) is 5.97. The highest BCUT2D eigenvalue weighted by Gasteiger charge is 2.15. The molecule has 0 saturated carbocycles. The van der Waals surface area contributed by atoms with E-state index in [1.807, 2.05) is 36.4 Å². The van der Waals surface area contributed by atoms with Gasteiger partial charge in [-0.1, -0.05) is 30.3 Å². The Labute approximate surface area is 110 Å². The van der Waals surface area contributed by atoms with E-state index in [0.29, 0.717) is 22.8 Å². The quantitative estimate of drug-likeness (QED) is 0.703. The smallest absolute Gasteiger partial charge is 0.185 e. The van der Waals surface area contributed by atoms with E-state index in [1.165, 1.54) is 0 Å². The predicted octanol–water partition coefficient (Wildman–Crippen LogP) is 3.93. The summed E-state index contributed by atoms with van der Waals surface area (Å²) in [6.07, 6.45) is 0.664. The Kier molecular flexibility index (Phi) is 2.60. The van der Waals surface area contributed by atoms with Crippen LogP contribution in [0.4, 0.5) is 0 Å². The summed E-state index contributed by atoms with van der Waals surface area (Å²) < 4.78 is 5.46. The summed E-state index contributed by atoms with van der Waals surface area (Å²) in [7, 11) is 0. The highest BCUT2D eigenvalue weighted by molar-refractivity contribution is 5.96. The van der Waals surface area contributed by atoms with Gasteiger partial charge in [-0.05, 0) is 30.2 Å². The van der Waals surface area contributed by atoms with Crippen LogP contribution in [-0.4, -0.2) is 11.4 Å². The fourth-order valence-corrected chi connectivity index (χ4v) is 2.29. The van der Waals surface area contributed by atoms with Gasteiger partial charge in [-0.2, -0.15) is 0 Å². The molecule has 0 aliphatic carbocycles. The number of carbonyl (C=O) groups is 1. The maximum Gasteiger partial charge on any atom is 0.185 e. The summed E-state index contributed by atoms with van der Waals surface area (Å²) in [6, 6.07) is 13.2. The minimum atomic E-state index is 0.130. The van der Waals surface area contributed by atoms with Gasteiger partial charge >= 0.3 is 0 Å². The van der Waals surface area contributed by atoms with Crippen molar-refractivity contribution in [3.63, 3.8) is 0 Å². The van der Waals surface area contributed by atoms with Crippen molar-refractivity contribution in [1.82, 2.24) is 0 Å². The Bertz CT molecular complexity index is 755. The molecule has 1 N–H and O–H groups in total. The molecule has 0 spiro atoms. The molecular formula is C16H12O3. The SMILES string of the molecule is Cc1c(C=O)oc2cc(-c3ccccc3)cc(O)c12. The van der Waals surface area contributed by atoms with Crippen LogP contribution in [0.1, 0.15) is 16.1 Å². The van der Waals surface area contributed by atoms with Gasteiger partial charge in [0.05, 0.1) is 5.39 Å². The molecule has 94 valence electrons. The Morgan fingerprint density at radius 3 is 2.53 bits per heavy atom. The number of aldehydes is 1. The topological polar surface area (TPSA) is 50.4 Å². The van der Waals surface area contributed by atoms with Gasteiger partial charge in [0.2, 0.25) is 0 Å². The van der Waals surface area contributed by atoms with E-state index in [0.717, 1.165) is 11.1 Å². The first-order chi connectivity index (χ1) is 9.20.